The van der Waals surface area contributed by atoms with Crippen molar-refractivity contribution in [1.29, 1.82) is 0 Å². The molecule has 0 radical (unpaired) electrons. The van der Waals surface area contributed by atoms with Crippen molar-refractivity contribution in [3.63, 3.8) is 0 Å². The molecule has 0 bridgehead atoms. The Bertz CT molecular complexity index is 487. The number of nitrogens with one attached hydrogen (secondary N) is 1. The van der Waals surface area contributed by atoms with Gasteiger partial charge in [0, 0.05) is 18.6 Å². The van der Waals surface area contributed by atoms with Crippen LogP contribution in [0.2, 0.25) is 0 Å². The number of hydrogen-bond acceptors (Lipinski definition) is 3. The molecule has 1 atom stereocenters. The second-order valence-electron chi connectivity index (χ2n) is 4.33. The summed E-state index contributed by atoms with van der Waals surface area (Å²) in [6, 6.07) is 4.58. The zero-order valence-electron chi connectivity index (χ0n) is 9.78. The molecule has 0 aromatic heterocycles. The molecule has 1 aliphatic heterocycles. The van der Waals surface area contributed by atoms with E-state index in [1.165, 1.54) is 6.07 Å². The summed E-state index contributed by atoms with van der Waals surface area (Å²) in [7, 11) is 0. The summed E-state index contributed by atoms with van der Waals surface area (Å²) < 4.78 is 13.9. The number of benzene rings is 1. The molecule has 2 N–H and O–H groups in total. The number of piperidine rings is 1. The molecule has 4 nitrogen and oxygen atoms in total. The first-order valence-electron chi connectivity index (χ1n) is 5.84. The quantitative estimate of drug-likeness (QED) is 0.784. The number of rotatable bonds is 3. The summed E-state index contributed by atoms with van der Waals surface area (Å²) in [4.78, 5) is 22.7. The fraction of sp³-hybridized carbons (Fsp3) is 0.385. The number of hydrogen-bond donors (Lipinski definition) is 2. The van der Waals surface area contributed by atoms with Crippen molar-refractivity contribution in [3.05, 3.63) is 35.1 Å². The lowest BCUT2D eigenvalue weighted by molar-refractivity contribution is -0.134. The van der Waals surface area contributed by atoms with Crippen molar-refractivity contribution in [2.75, 3.05) is 6.61 Å². The molecule has 0 saturated carbocycles. The fourth-order valence-electron chi connectivity index (χ4n) is 2.13. The average Bonchev–Trinajstić information content (AvgIpc) is 2.31. The van der Waals surface area contributed by atoms with Gasteiger partial charge < -0.3 is 5.11 Å². The first-order chi connectivity index (χ1) is 8.61. The zero-order chi connectivity index (χ0) is 13.1. The van der Waals surface area contributed by atoms with Crippen molar-refractivity contribution in [2.45, 2.75) is 25.2 Å². The molecule has 1 unspecified atom stereocenters. The van der Waals surface area contributed by atoms with Gasteiger partial charge in [0.1, 0.15) is 5.82 Å². The largest absolute Gasteiger partial charge is 0.396 e. The van der Waals surface area contributed by atoms with E-state index in [0.717, 1.165) is 0 Å². The molecule has 2 amide bonds. The van der Waals surface area contributed by atoms with Crippen LogP contribution in [0.3, 0.4) is 0 Å². The zero-order valence-corrected chi connectivity index (χ0v) is 9.78. The smallest absolute Gasteiger partial charge is 0.234 e. The molecule has 1 aromatic rings. The van der Waals surface area contributed by atoms with Gasteiger partial charge in [-0.1, -0.05) is 12.1 Å². The minimum Gasteiger partial charge on any atom is -0.396 e. The van der Waals surface area contributed by atoms with Gasteiger partial charge in [-0.25, -0.2) is 4.39 Å². The Balaban J connectivity index is 2.23. The summed E-state index contributed by atoms with van der Waals surface area (Å²) in [6.07, 6.45) is 0.946. The second-order valence-corrected chi connectivity index (χ2v) is 4.33. The van der Waals surface area contributed by atoms with Gasteiger partial charge in [0.15, 0.2) is 0 Å². The van der Waals surface area contributed by atoms with Gasteiger partial charge >= 0.3 is 0 Å². The predicted molar refractivity (Wildman–Crippen MR) is 62.3 cm³/mol. The van der Waals surface area contributed by atoms with Crippen molar-refractivity contribution in [1.82, 2.24) is 5.32 Å². The lowest BCUT2D eigenvalue weighted by atomic mass is 9.89. The summed E-state index contributed by atoms with van der Waals surface area (Å²) in [5.41, 5.74) is 0.993. The Hall–Kier alpha value is -1.75. The van der Waals surface area contributed by atoms with E-state index >= 15 is 0 Å². The topological polar surface area (TPSA) is 66.4 Å². The number of amides is 2. The van der Waals surface area contributed by atoms with E-state index in [1.54, 1.807) is 12.1 Å². The molecule has 96 valence electrons. The Morgan fingerprint density at radius 1 is 1.39 bits per heavy atom. The first kappa shape index (κ1) is 12.7. The average molecular weight is 251 g/mol. The van der Waals surface area contributed by atoms with Crippen LogP contribution in [0.4, 0.5) is 4.39 Å². The Morgan fingerprint density at radius 2 is 2.17 bits per heavy atom. The minimum absolute atomic E-state index is 0.0444. The van der Waals surface area contributed by atoms with Crippen LogP contribution >= 0.6 is 0 Å². The summed E-state index contributed by atoms with van der Waals surface area (Å²) in [5.74, 6) is -1.82. The molecule has 1 fully saturated rings. The maximum atomic E-state index is 13.9. The Labute approximate surface area is 104 Å². The molecule has 1 aromatic carbocycles. The maximum Gasteiger partial charge on any atom is 0.234 e. The highest BCUT2D eigenvalue weighted by Gasteiger charge is 2.29. The molecule has 2 rings (SSSR count). The Morgan fingerprint density at radius 3 is 2.78 bits per heavy atom. The fourth-order valence-corrected chi connectivity index (χ4v) is 2.13. The molecule has 1 heterocycles. The molecule has 0 aliphatic carbocycles. The van der Waals surface area contributed by atoms with Crippen molar-refractivity contribution in [3.8, 4) is 0 Å². The van der Waals surface area contributed by atoms with Gasteiger partial charge in [-0.15, -0.1) is 0 Å². The number of imide groups is 1. The summed E-state index contributed by atoms with van der Waals surface area (Å²) in [6.45, 7) is -0.0444. The third-order valence-corrected chi connectivity index (χ3v) is 3.08. The second kappa shape index (κ2) is 5.27. The highest BCUT2D eigenvalue weighted by Crippen LogP contribution is 2.27. The number of halogens is 1. The van der Waals surface area contributed by atoms with Crippen LogP contribution in [0.15, 0.2) is 18.2 Å². The van der Waals surface area contributed by atoms with E-state index in [9.17, 15) is 14.0 Å². The van der Waals surface area contributed by atoms with Crippen LogP contribution in [0.1, 0.15) is 29.9 Å². The third kappa shape index (κ3) is 2.56. The van der Waals surface area contributed by atoms with Crippen LogP contribution < -0.4 is 5.32 Å². The van der Waals surface area contributed by atoms with Crippen molar-refractivity contribution < 1.29 is 19.1 Å². The van der Waals surface area contributed by atoms with Crippen LogP contribution in [0.25, 0.3) is 0 Å². The van der Waals surface area contributed by atoms with Gasteiger partial charge in [0.25, 0.3) is 0 Å². The lowest BCUT2D eigenvalue weighted by Gasteiger charge is -2.21. The van der Waals surface area contributed by atoms with E-state index in [-0.39, 0.29) is 18.9 Å². The summed E-state index contributed by atoms with van der Waals surface area (Å²) >= 11 is 0. The molecule has 5 heteroatoms. The number of aliphatic hydroxyl groups excluding tert-OH is 1. The highest BCUT2D eigenvalue weighted by atomic mass is 19.1. The standard InChI is InChI=1S/C13H14FNO3/c14-11-7-8(5-6-16)1-2-9(11)10-3-4-12(17)15-13(10)18/h1-2,7,10,16H,3-6H2,(H,15,17,18). The van der Waals surface area contributed by atoms with Crippen LogP contribution in [-0.2, 0) is 16.0 Å². The lowest BCUT2D eigenvalue weighted by Crippen LogP contribution is -2.39. The van der Waals surface area contributed by atoms with E-state index < -0.39 is 17.6 Å². The molecular formula is C13H14FNO3. The number of aliphatic hydroxyl groups is 1. The van der Waals surface area contributed by atoms with Gasteiger partial charge in [0.05, 0.1) is 5.92 Å². The van der Waals surface area contributed by atoms with Crippen LogP contribution in [0.5, 0.6) is 0 Å². The first-order valence-corrected chi connectivity index (χ1v) is 5.84. The molecule has 18 heavy (non-hydrogen) atoms. The van der Waals surface area contributed by atoms with Gasteiger partial charge in [-0.2, -0.15) is 0 Å². The van der Waals surface area contributed by atoms with Crippen LogP contribution in [0, 0.1) is 5.82 Å². The normalized spacial score (nSPS) is 19.8. The third-order valence-electron chi connectivity index (χ3n) is 3.08. The molecule has 1 saturated heterocycles. The maximum absolute atomic E-state index is 13.9. The van der Waals surface area contributed by atoms with Crippen molar-refractivity contribution >= 4 is 11.8 Å². The molecular weight excluding hydrogens is 237 g/mol. The van der Waals surface area contributed by atoms with Gasteiger partial charge in [-0.3, -0.25) is 14.9 Å². The minimum atomic E-state index is -0.606. The SMILES string of the molecule is O=C1CCC(c2ccc(CCO)cc2F)C(=O)N1. The number of carbonyl (C=O) groups is 2. The van der Waals surface area contributed by atoms with E-state index in [1.807, 2.05) is 0 Å². The highest BCUT2D eigenvalue weighted by molar-refractivity contribution is 6.00. The van der Waals surface area contributed by atoms with E-state index in [2.05, 4.69) is 5.32 Å². The monoisotopic (exact) mass is 251 g/mol. The van der Waals surface area contributed by atoms with E-state index in [0.29, 0.717) is 24.0 Å². The number of carbonyl (C=O) groups excluding carboxylic acids is 2. The Kier molecular flexibility index (Phi) is 3.72. The van der Waals surface area contributed by atoms with Crippen LogP contribution in [-0.4, -0.2) is 23.5 Å². The van der Waals surface area contributed by atoms with Gasteiger partial charge in [0.2, 0.25) is 11.8 Å². The van der Waals surface area contributed by atoms with Gasteiger partial charge in [-0.05, 0) is 24.5 Å². The predicted octanol–water partition coefficient (Wildman–Crippen LogP) is 0.881. The molecule has 1 aliphatic rings. The van der Waals surface area contributed by atoms with Crippen molar-refractivity contribution in [2.24, 2.45) is 0 Å². The van der Waals surface area contributed by atoms with E-state index in [4.69, 9.17) is 5.11 Å². The summed E-state index contributed by atoms with van der Waals surface area (Å²) in [5, 5.41) is 11.0. The molecule has 0 spiro atoms.